The summed E-state index contributed by atoms with van der Waals surface area (Å²) >= 11 is 0. The first-order valence-electron chi connectivity index (χ1n) is 7.04. The second-order valence-electron chi connectivity index (χ2n) is 5.07. The molecule has 1 aromatic carbocycles. The molecule has 0 amide bonds. The molecule has 6 nitrogen and oxygen atoms in total. The molecule has 1 aromatic rings. The normalized spacial score (nSPS) is 13.4. The van der Waals surface area contributed by atoms with Gasteiger partial charge in [-0.3, -0.25) is 9.59 Å². The fraction of sp³-hybridized carbons (Fsp3) is 0.467. The highest BCUT2D eigenvalue weighted by molar-refractivity contribution is 5.73. The van der Waals surface area contributed by atoms with E-state index in [4.69, 9.17) is 10.8 Å². The Balaban J connectivity index is 2.59. The quantitative estimate of drug-likeness (QED) is 0.521. The minimum absolute atomic E-state index is 0.114. The smallest absolute Gasteiger partial charge is 0.320 e. The van der Waals surface area contributed by atoms with E-state index in [1.54, 1.807) is 24.3 Å². The topological polar surface area (TPSA) is 113 Å². The Bertz CT molecular complexity index is 493. The summed E-state index contributed by atoms with van der Waals surface area (Å²) in [5.74, 6) is -2.79. The van der Waals surface area contributed by atoms with E-state index in [1.165, 1.54) is 0 Å². The monoisotopic (exact) mass is 311 g/mol. The molecule has 0 radical (unpaired) electrons. The van der Waals surface area contributed by atoms with Crippen molar-refractivity contribution < 1.29 is 24.2 Å². The predicted octanol–water partition coefficient (Wildman–Crippen LogP) is 1.50. The SMILES string of the molecule is N[C@@H](CCC(Cc1ccc(NCC[18F])cc1)C(=O)O)C(=O)O. The average molecular weight is 311 g/mol. The molecule has 22 heavy (non-hydrogen) atoms. The predicted molar refractivity (Wildman–Crippen MR) is 80.6 cm³/mol. The van der Waals surface area contributed by atoms with E-state index in [0.717, 1.165) is 11.3 Å². The molecule has 122 valence electrons. The summed E-state index contributed by atoms with van der Waals surface area (Å²) in [6, 6.07) is 6.01. The number of hydrogen-bond acceptors (Lipinski definition) is 4. The van der Waals surface area contributed by atoms with Crippen LogP contribution in [0.15, 0.2) is 24.3 Å². The van der Waals surface area contributed by atoms with Gasteiger partial charge in [-0.05, 0) is 37.0 Å². The van der Waals surface area contributed by atoms with Crippen molar-refractivity contribution in [3.8, 4) is 0 Å². The van der Waals surface area contributed by atoms with Crippen molar-refractivity contribution in [1.29, 1.82) is 0 Å². The molecule has 2 atom stereocenters. The van der Waals surface area contributed by atoms with Crippen molar-refractivity contribution in [2.45, 2.75) is 25.3 Å². The van der Waals surface area contributed by atoms with Gasteiger partial charge < -0.3 is 21.3 Å². The van der Waals surface area contributed by atoms with Crippen LogP contribution in [-0.2, 0) is 16.0 Å². The van der Waals surface area contributed by atoms with Crippen LogP contribution in [0.4, 0.5) is 10.1 Å². The highest BCUT2D eigenvalue weighted by Crippen LogP contribution is 2.18. The van der Waals surface area contributed by atoms with E-state index in [0.29, 0.717) is 6.42 Å². The highest BCUT2D eigenvalue weighted by Gasteiger charge is 2.21. The Morgan fingerprint density at radius 1 is 1.14 bits per heavy atom. The summed E-state index contributed by atoms with van der Waals surface area (Å²) < 4.78 is 12.0. The number of benzene rings is 1. The summed E-state index contributed by atoms with van der Waals surface area (Å²) in [5, 5.41) is 20.8. The maximum atomic E-state index is 12.0. The Morgan fingerprint density at radius 3 is 2.27 bits per heavy atom. The third-order valence-corrected chi connectivity index (χ3v) is 3.35. The van der Waals surface area contributed by atoms with E-state index in [1.807, 2.05) is 0 Å². The first-order valence-corrected chi connectivity index (χ1v) is 7.04. The van der Waals surface area contributed by atoms with Gasteiger partial charge in [0.25, 0.3) is 0 Å². The largest absolute Gasteiger partial charge is 0.481 e. The third-order valence-electron chi connectivity index (χ3n) is 3.35. The maximum Gasteiger partial charge on any atom is 0.320 e. The molecular weight excluding hydrogens is 290 g/mol. The molecule has 0 aliphatic carbocycles. The summed E-state index contributed by atoms with van der Waals surface area (Å²) in [4.78, 5) is 21.9. The van der Waals surface area contributed by atoms with E-state index in [9.17, 15) is 19.1 Å². The van der Waals surface area contributed by atoms with Crippen molar-refractivity contribution in [3.05, 3.63) is 29.8 Å². The van der Waals surface area contributed by atoms with Crippen LogP contribution in [-0.4, -0.2) is 41.4 Å². The van der Waals surface area contributed by atoms with Gasteiger partial charge in [0.05, 0.1) is 5.92 Å². The second kappa shape index (κ2) is 8.99. The number of rotatable bonds is 10. The van der Waals surface area contributed by atoms with Gasteiger partial charge >= 0.3 is 11.9 Å². The number of carboxylic acid groups (broad SMARTS) is 2. The van der Waals surface area contributed by atoms with Gasteiger partial charge in [-0.15, -0.1) is 0 Å². The number of carbonyl (C=O) groups is 2. The molecule has 0 saturated carbocycles. The van der Waals surface area contributed by atoms with Crippen LogP contribution >= 0.6 is 0 Å². The van der Waals surface area contributed by atoms with Crippen molar-refractivity contribution in [2.24, 2.45) is 11.7 Å². The lowest BCUT2D eigenvalue weighted by Crippen LogP contribution is -2.31. The van der Waals surface area contributed by atoms with Gasteiger partial charge in [0, 0.05) is 12.2 Å². The van der Waals surface area contributed by atoms with Gasteiger partial charge in [0.15, 0.2) is 0 Å². The molecule has 0 bridgehead atoms. The fourth-order valence-electron chi connectivity index (χ4n) is 2.05. The number of hydrogen-bond donors (Lipinski definition) is 4. The molecule has 0 aliphatic rings. The number of nitrogens with one attached hydrogen (secondary N) is 1. The lowest BCUT2D eigenvalue weighted by molar-refractivity contribution is -0.143. The van der Waals surface area contributed by atoms with E-state index >= 15 is 0 Å². The molecular formula is C15H21FN2O4. The number of anilines is 1. The highest BCUT2D eigenvalue weighted by atomic mass is 18.2. The van der Waals surface area contributed by atoms with Crippen LogP contribution in [0, 0.1) is 5.92 Å². The molecule has 0 heterocycles. The lowest BCUT2D eigenvalue weighted by Gasteiger charge is -2.14. The molecule has 1 rings (SSSR count). The first kappa shape index (κ1) is 17.9. The zero-order valence-corrected chi connectivity index (χ0v) is 12.2. The van der Waals surface area contributed by atoms with Crippen LogP contribution in [0.5, 0.6) is 0 Å². The third kappa shape index (κ3) is 6.09. The molecule has 5 N–H and O–H groups in total. The molecule has 0 aromatic heterocycles. The van der Waals surface area contributed by atoms with Crippen LogP contribution in [0.3, 0.4) is 0 Å². The van der Waals surface area contributed by atoms with E-state index in [-0.39, 0.29) is 19.4 Å². The maximum absolute atomic E-state index is 12.0. The Kier molecular flexibility index (Phi) is 7.31. The summed E-state index contributed by atoms with van der Waals surface area (Å²) in [5.41, 5.74) is 6.98. The number of alkyl halides is 1. The van der Waals surface area contributed by atoms with Gasteiger partial charge in [-0.2, -0.15) is 0 Å². The van der Waals surface area contributed by atoms with Crippen LogP contribution in [0.1, 0.15) is 18.4 Å². The standard InChI is InChI=1S/C15H21FN2O4/c16-7-8-18-12-4-1-10(2-5-12)9-11(14(19)20)3-6-13(17)15(21)22/h1-2,4-5,11,13,18H,3,6-9,17H2,(H,19,20)(H,21,22)/t11?,13-/m0/s1/i16-1. The van der Waals surface area contributed by atoms with E-state index < -0.39 is 30.6 Å². The summed E-state index contributed by atoms with van der Waals surface area (Å²) in [6.45, 7) is -0.239. The van der Waals surface area contributed by atoms with Crippen molar-refractivity contribution in [1.82, 2.24) is 0 Å². The number of nitrogens with two attached hydrogens (primary N) is 1. The zero-order chi connectivity index (χ0) is 16.5. The number of halogens is 1. The van der Waals surface area contributed by atoms with E-state index in [2.05, 4.69) is 5.32 Å². The molecule has 0 aliphatic heterocycles. The lowest BCUT2D eigenvalue weighted by atomic mass is 9.93. The Morgan fingerprint density at radius 2 is 1.77 bits per heavy atom. The van der Waals surface area contributed by atoms with Crippen LogP contribution in [0.2, 0.25) is 0 Å². The fourth-order valence-corrected chi connectivity index (χ4v) is 2.05. The molecule has 7 heteroatoms. The van der Waals surface area contributed by atoms with Gasteiger partial charge in [0.1, 0.15) is 12.7 Å². The Labute approximate surface area is 128 Å². The first-order chi connectivity index (χ1) is 10.4. The number of aliphatic carboxylic acids is 2. The zero-order valence-electron chi connectivity index (χ0n) is 12.2. The molecule has 1 unspecified atom stereocenters. The molecule has 0 fully saturated rings. The van der Waals surface area contributed by atoms with Crippen molar-refractivity contribution in [3.63, 3.8) is 0 Å². The van der Waals surface area contributed by atoms with Crippen LogP contribution in [0.25, 0.3) is 0 Å². The summed E-state index contributed by atoms with van der Waals surface area (Å²) in [7, 11) is 0. The average Bonchev–Trinajstić information content (AvgIpc) is 2.49. The Hall–Kier alpha value is -2.15. The van der Waals surface area contributed by atoms with Crippen molar-refractivity contribution in [2.75, 3.05) is 18.5 Å². The molecule has 0 spiro atoms. The van der Waals surface area contributed by atoms with Gasteiger partial charge in [-0.25, -0.2) is 4.39 Å². The minimum atomic E-state index is -1.13. The van der Waals surface area contributed by atoms with Crippen molar-refractivity contribution >= 4 is 17.6 Å². The van der Waals surface area contributed by atoms with Gasteiger partial charge in [-0.1, -0.05) is 12.1 Å². The van der Waals surface area contributed by atoms with Gasteiger partial charge in [0.2, 0.25) is 0 Å². The number of carboxylic acids is 2. The molecule has 0 saturated heterocycles. The van der Waals surface area contributed by atoms with Crippen LogP contribution < -0.4 is 11.1 Å². The summed E-state index contributed by atoms with van der Waals surface area (Å²) in [6.07, 6.45) is 0.609. The minimum Gasteiger partial charge on any atom is -0.481 e. The second-order valence-corrected chi connectivity index (χ2v) is 5.07.